The van der Waals surface area contributed by atoms with Gasteiger partial charge in [0.1, 0.15) is 6.26 Å². The number of piperidine rings is 1. The van der Waals surface area contributed by atoms with Crippen LogP contribution in [0.4, 0.5) is 5.82 Å². The lowest BCUT2D eigenvalue weighted by Gasteiger charge is -2.21. The molecule has 1 aliphatic rings. The van der Waals surface area contributed by atoms with E-state index >= 15 is 0 Å². The van der Waals surface area contributed by atoms with Crippen LogP contribution in [-0.2, 0) is 4.79 Å². The van der Waals surface area contributed by atoms with Gasteiger partial charge >= 0.3 is 0 Å². The molecule has 1 aliphatic heterocycles. The third-order valence-corrected chi connectivity index (χ3v) is 2.36. The van der Waals surface area contributed by atoms with E-state index in [1.54, 1.807) is 6.07 Å². The zero-order valence-electron chi connectivity index (χ0n) is 7.82. The summed E-state index contributed by atoms with van der Waals surface area (Å²) in [6.45, 7) is 1.76. The van der Waals surface area contributed by atoms with Crippen LogP contribution in [0, 0.1) is 5.92 Å². The standard InChI is InChI=1S/C9H13N3O2/c13-9(7-2-1-4-10-6-7)11-8-3-5-14-12-8/h3,5,7,10H,1-2,4,6H2,(H,11,12,13)/t7-/m1/s1. The van der Waals surface area contributed by atoms with Crippen LogP contribution in [0.3, 0.4) is 0 Å². The minimum atomic E-state index is 0.0195. The number of carbonyl (C=O) groups excluding carboxylic acids is 1. The molecule has 1 saturated heterocycles. The van der Waals surface area contributed by atoms with Crippen molar-refractivity contribution in [3.63, 3.8) is 0 Å². The minimum absolute atomic E-state index is 0.0195. The Morgan fingerprint density at radius 1 is 1.71 bits per heavy atom. The summed E-state index contributed by atoms with van der Waals surface area (Å²) >= 11 is 0. The minimum Gasteiger partial charge on any atom is -0.363 e. The summed E-state index contributed by atoms with van der Waals surface area (Å²) in [5.41, 5.74) is 0. The molecule has 0 saturated carbocycles. The topological polar surface area (TPSA) is 67.2 Å². The van der Waals surface area contributed by atoms with Gasteiger partial charge in [0.05, 0.1) is 5.92 Å². The van der Waals surface area contributed by atoms with Crippen LogP contribution >= 0.6 is 0 Å². The Kier molecular flexibility index (Phi) is 2.78. The molecule has 0 aliphatic carbocycles. The fraction of sp³-hybridized carbons (Fsp3) is 0.556. The lowest BCUT2D eigenvalue weighted by atomic mass is 9.99. The molecular formula is C9H13N3O2. The van der Waals surface area contributed by atoms with Crippen molar-refractivity contribution in [3.05, 3.63) is 12.3 Å². The molecule has 5 nitrogen and oxygen atoms in total. The first kappa shape index (κ1) is 9.21. The Labute approximate surface area is 81.8 Å². The number of hydrogen-bond acceptors (Lipinski definition) is 4. The highest BCUT2D eigenvalue weighted by Crippen LogP contribution is 2.12. The van der Waals surface area contributed by atoms with Gasteiger partial charge < -0.3 is 15.2 Å². The molecule has 2 heterocycles. The average molecular weight is 195 g/mol. The van der Waals surface area contributed by atoms with E-state index in [1.165, 1.54) is 6.26 Å². The first-order valence-corrected chi connectivity index (χ1v) is 4.78. The lowest BCUT2D eigenvalue weighted by molar-refractivity contribution is -0.120. The second-order valence-electron chi connectivity index (χ2n) is 3.42. The molecule has 0 aromatic carbocycles. The summed E-state index contributed by atoms with van der Waals surface area (Å²) in [6, 6.07) is 1.63. The van der Waals surface area contributed by atoms with E-state index in [2.05, 4.69) is 20.3 Å². The number of rotatable bonds is 2. The predicted molar refractivity (Wildman–Crippen MR) is 50.7 cm³/mol. The van der Waals surface area contributed by atoms with Crippen molar-refractivity contribution in [2.45, 2.75) is 12.8 Å². The van der Waals surface area contributed by atoms with Crippen molar-refractivity contribution in [2.24, 2.45) is 5.92 Å². The number of nitrogens with one attached hydrogen (secondary N) is 2. The molecule has 2 rings (SSSR count). The Hall–Kier alpha value is -1.36. The van der Waals surface area contributed by atoms with Gasteiger partial charge in [-0.2, -0.15) is 0 Å². The molecule has 0 bridgehead atoms. The molecule has 14 heavy (non-hydrogen) atoms. The predicted octanol–water partition coefficient (Wildman–Crippen LogP) is 0.613. The van der Waals surface area contributed by atoms with Crippen molar-refractivity contribution in [1.29, 1.82) is 0 Å². The molecular weight excluding hydrogens is 182 g/mol. The fourth-order valence-corrected chi connectivity index (χ4v) is 1.58. The summed E-state index contributed by atoms with van der Waals surface area (Å²) in [7, 11) is 0. The summed E-state index contributed by atoms with van der Waals surface area (Å²) in [6.07, 6.45) is 3.43. The highest BCUT2D eigenvalue weighted by Gasteiger charge is 2.21. The number of aromatic nitrogens is 1. The Morgan fingerprint density at radius 3 is 3.29 bits per heavy atom. The second-order valence-corrected chi connectivity index (χ2v) is 3.42. The molecule has 76 valence electrons. The molecule has 1 atom stereocenters. The summed E-state index contributed by atoms with van der Waals surface area (Å²) in [5, 5.41) is 9.52. The second kappa shape index (κ2) is 4.23. The van der Waals surface area contributed by atoms with E-state index in [1.807, 2.05) is 0 Å². The van der Waals surface area contributed by atoms with Crippen molar-refractivity contribution in [1.82, 2.24) is 10.5 Å². The van der Waals surface area contributed by atoms with Crippen LogP contribution < -0.4 is 10.6 Å². The van der Waals surface area contributed by atoms with Crippen LogP contribution in [0.2, 0.25) is 0 Å². The van der Waals surface area contributed by atoms with Gasteiger partial charge in [0, 0.05) is 12.6 Å². The van der Waals surface area contributed by atoms with Crippen LogP contribution in [0.25, 0.3) is 0 Å². The molecule has 2 N–H and O–H groups in total. The normalized spacial score (nSPS) is 21.9. The molecule has 1 aromatic heterocycles. The first-order chi connectivity index (χ1) is 6.86. The van der Waals surface area contributed by atoms with Gasteiger partial charge in [-0.1, -0.05) is 5.16 Å². The van der Waals surface area contributed by atoms with Crippen LogP contribution in [0.1, 0.15) is 12.8 Å². The highest BCUT2D eigenvalue weighted by molar-refractivity contribution is 5.91. The summed E-state index contributed by atoms with van der Waals surface area (Å²) in [5.74, 6) is 0.562. The zero-order valence-corrected chi connectivity index (χ0v) is 7.82. The largest absolute Gasteiger partial charge is 0.363 e. The van der Waals surface area contributed by atoms with Crippen LogP contribution in [0.5, 0.6) is 0 Å². The van der Waals surface area contributed by atoms with Crippen molar-refractivity contribution in [2.75, 3.05) is 18.4 Å². The third kappa shape index (κ3) is 2.11. The van der Waals surface area contributed by atoms with E-state index in [-0.39, 0.29) is 11.8 Å². The summed E-state index contributed by atoms with van der Waals surface area (Å²) < 4.78 is 4.62. The Morgan fingerprint density at radius 2 is 2.64 bits per heavy atom. The van der Waals surface area contributed by atoms with E-state index in [9.17, 15) is 4.79 Å². The monoisotopic (exact) mass is 195 g/mol. The van der Waals surface area contributed by atoms with E-state index in [4.69, 9.17) is 0 Å². The van der Waals surface area contributed by atoms with E-state index in [0.29, 0.717) is 5.82 Å². The van der Waals surface area contributed by atoms with Gasteiger partial charge in [-0.3, -0.25) is 4.79 Å². The Balaban J connectivity index is 1.88. The third-order valence-electron chi connectivity index (χ3n) is 2.36. The van der Waals surface area contributed by atoms with Gasteiger partial charge in [0.25, 0.3) is 0 Å². The van der Waals surface area contributed by atoms with Gasteiger partial charge in [-0.05, 0) is 19.4 Å². The maximum atomic E-state index is 11.6. The number of amides is 1. The lowest BCUT2D eigenvalue weighted by Crippen LogP contribution is -2.37. The maximum Gasteiger partial charge on any atom is 0.230 e. The van der Waals surface area contributed by atoms with Crippen LogP contribution in [0.15, 0.2) is 16.9 Å². The molecule has 1 aromatic rings. The fourth-order valence-electron chi connectivity index (χ4n) is 1.58. The number of carbonyl (C=O) groups is 1. The van der Waals surface area contributed by atoms with Gasteiger partial charge in [-0.25, -0.2) is 0 Å². The molecule has 1 amide bonds. The molecule has 0 unspecified atom stereocenters. The van der Waals surface area contributed by atoms with Crippen molar-refractivity contribution in [3.8, 4) is 0 Å². The smallest absolute Gasteiger partial charge is 0.230 e. The van der Waals surface area contributed by atoms with E-state index in [0.717, 1.165) is 25.9 Å². The molecule has 0 radical (unpaired) electrons. The van der Waals surface area contributed by atoms with Gasteiger partial charge in [0.15, 0.2) is 5.82 Å². The van der Waals surface area contributed by atoms with E-state index < -0.39 is 0 Å². The number of anilines is 1. The van der Waals surface area contributed by atoms with Gasteiger partial charge in [0.2, 0.25) is 5.91 Å². The van der Waals surface area contributed by atoms with Crippen molar-refractivity contribution < 1.29 is 9.32 Å². The average Bonchev–Trinajstić information content (AvgIpc) is 2.72. The highest BCUT2D eigenvalue weighted by atomic mass is 16.5. The van der Waals surface area contributed by atoms with Crippen LogP contribution in [-0.4, -0.2) is 24.2 Å². The molecule has 0 spiro atoms. The SMILES string of the molecule is O=C(Nc1ccon1)[C@@H]1CCCNC1. The number of nitrogens with zero attached hydrogens (tertiary/aromatic N) is 1. The summed E-state index contributed by atoms with van der Waals surface area (Å²) in [4.78, 5) is 11.6. The maximum absolute atomic E-state index is 11.6. The molecule has 1 fully saturated rings. The Bertz CT molecular complexity index is 291. The van der Waals surface area contributed by atoms with Gasteiger partial charge in [-0.15, -0.1) is 0 Å². The first-order valence-electron chi connectivity index (χ1n) is 4.78. The van der Waals surface area contributed by atoms with Crippen molar-refractivity contribution >= 4 is 11.7 Å². The zero-order chi connectivity index (χ0) is 9.80. The number of hydrogen-bond donors (Lipinski definition) is 2. The quantitative estimate of drug-likeness (QED) is 0.725. The molecule has 5 heteroatoms.